The minimum atomic E-state index is -4.64. The first-order chi connectivity index (χ1) is 17.7. The Balaban J connectivity index is 1.73. The second-order valence-corrected chi connectivity index (χ2v) is 9.10. The van der Waals surface area contributed by atoms with E-state index in [1.165, 1.54) is 6.07 Å². The number of hydrogen-bond acceptors (Lipinski definition) is 3. The Bertz CT molecular complexity index is 1540. The highest BCUT2D eigenvalue weighted by molar-refractivity contribution is 6.50. The Hall–Kier alpha value is -3.85. The molecule has 0 saturated carbocycles. The van der Waals surface area contributed by atoms with Crippen molar-refractivity contribution in [3.63, 3.8) is 0 Å². The van der Waals surface area contributed by atoms with Gasteiger partial charge in [0.15, 0.2) is 0 Å². The van der Waals surface area contributed by atoms with Gasteiger partial charge in [-0.05, 0) is 44.3 Å². The molecule has 4 aromatic rings. The first-order valence-electron chi connectivity index (χ1n) is 12.3. The Labute approximate surface area is 211 Å². The molecular formula is C28H27F3N4O2. The molecule has 0 unspecified atom stereocenters. The van der Waals surface area contributed by atoms with Crippen LogP contribution >= 0.6 is 0 Å². The number of fused-ring (bicyclic) bond motifs is 2. The molecule has 0 bridgehead atoms. The van der Waals surface area contributed by atoms with Crippen molar-refractivity contribution in [2.24, 2.45) is 0 Å². The van der Waals surface area contributed by atoms with Crippen LogP contribution < -0.4 is 5.32 Å². The number of amides is 2. The van der Waals surface area contributed by atoms with E-state index in [4.69, 9.17) is 0 Å². The van der Waals surface area contributed by atoms with Gasteiger partial charge in [0, 0.05) is 51.9 Å². The molecule has 0 aliphatic carbocycles. The summed E-state index contributed by atoms with van der Waals surface area (Å²) in [4.78, 5) is 31.5. The molecule has 2 aromatic heterocycles. The van der Waals surface area contributed by atoms with E-state index in [9.17, 15) is 22.8 Å². The maximum atomic E-state index is 14.2. The highest BCUT2D eigenvalue weighted by Crippen LogP contribution is 2.43. The Morgan fingerprint density at radius 1 is 0.919 bits per heavy atom. The van der Waals surface area contributed by atoms with Crippen LogP contribution in [0.2, 0.25) is 0 Å². The lowest BCUT2D eigenvalue weighted by Crippen LogP contribution is -2.24. The molecule has 0 fully saturated rings. The summed E-state index contributed by atoms with van der Waals surface area (Å²) in [6.07, 6.45) is -0.709. The van der Waals surface area contributed by atoms with Gasteiger partial charge in [-0.3, -0.25) is 14.9 Å². The third-order valence-electron chi connectivity index (χ3n) is 7.04. The monoisotopic (exact) mass is 508 g/mol. The lowest BCUT2D eigenvalue weighted by molar-refractivity contribution is -0.136. The fourth-order valence-corrected chi connectivity index (χ4v) is 5.22. The summed E-state index contributed by atoms with van der Waals surface area (Å²) in [5.74, 6) is -1.33. The maximum absolute atomic E-state index is 14.2. The highest BCUT2D eigenvalue weighted by Gasteiger charge is 2.39. The van der Waals surface area contributed by atoms with E-state index in [-0.39, 0.29) is 22.1 Å². The molecule has 1 aliphatic heterocycles. The van der Waals surface area contributed by atoms with Crippen molar-refractivity contribution in [1.29, 1.82) is 0 Å². The normalized spacial score (nSPS) is 14.5. The number of imide groups is 1. The molecule has 37 heavy (non-hydrogen) atoms. The van der Waals surface area contributed by atoms with Gasteiger partial charge < -0.3 is 14.5 Å². The number of halogens is 3. The number of aryl methyl sites for hydroxylation is 1. The molecular weight excluding hydrogens is 481 g/mol. The topological polar surface area (TPSA) is 70.1 Å². The number of benzene rings is 2. The van der Waals surface area contributed by atoms with Crippen LogP contribution in [-0.2, 0) is 22.3 Å². The average Bonchev–Trinajstić information content (AvgIpc) is 3.54. The summed E-state index contributed by atoms with van der Waals surface area (Å²) in [6, 6.07) is 11.3. The van der Waals surface area contributed by atoms with Gasteiger partial charge in [-0.1, -0.05) is 38.1 Å². The SMILES string of the molecule is CCN(CC)CCCn1cc(C2=C(c3c[nH]c4ccccc34)C(=O)NC2=O)c2c(C(F)(F)F)cccc21. The quantitative estimate of drug-likeness (QED) is 0.312. The molecule has 6 nitrogen and oxygen atoms in total. The van der Waals surface area contributed by atoms with Crippen LogP contribution in [0.3, 0.4) is 0 Å². The van der Waals surface area contributed by atoms with Gasteiger partial charge in [0.2, 0.25) is 0 Å². The number of H-pyrrole nitrogens is 1. The number of carbonyl (C=O) groups is 2. The van der Waals surface area contributed by atoms with Crippen LogP contribution in [-0.4, -0.2) is 45.9 Å². The van der Waals surface area contributed by atoms with Crippen LogP contribution in [0.1, 0.15) is 37.0 Å². The zero-order chi connectivity index (χ0) is 26.3. The third kappa shape index (κ3) is 4.33. The number of hydrogen-bond donors (Lipinski definition) is 2. The van der Waals surface area contributed by atoms with Crippen LogP contribution in [0, 0.1) is 0 Å². The second-order valence-electron chi connectivity index (χ2n) is 9.10. The van der Waals surface area contributed by atoms with Gasteiger partial charge in [-0.2, -0.15) is 13.2 Å². The Morgan fingerprint density at radius 2 is 1.62 bits per heavy atom. The summed E-state index contributed by atoms with van der Waals surface area (Å²) in [5.41, 5.74) is 0.907. The average molecular weight is 509 g/mol. The van der Waals surface area contributed by atoms with E-state index < -0.39 is 23.6 Å². The molecule has 192 valence electrons. The van der Waals surface area contributed by atoms with Crippen molar-refractivity contribution >= 4 is 44.8 Å². The van der Waals surface area contributed by atoms with Crippen LogP contribution in [0.25, 0.3) is 33.0 Å². The van der Waals surface area contributed by atoms with Crippen molar-refractivity contribution in [1.82, 2.24) is 19.8 Å². The summed E-state index contributed by atoms with van der Waals surface area (Å²) in [7, 11) is 0. The van der Waals surface area contributed by atoms with E-state index >= 15 is 0 Å². The molecule has 5 rings (SSSR count). The number of carbonyl (C=O) groups excluding carboxylic acids is 2. The molecule has 0 radical (unpaired) electrons. The molecule has 2 N–H and O–H groups in total. The van der Waals surface area contributed by atoms with Crippen LogP contribution in [0.4, 0.5) is 13.2 Å². The smallest absolute Gasteiger partial charge is 0.361 e. The molecule has 0 atom stereocenters. The minimum Gasteiger partial charge on any atom is -0.361 e. The molecule has 2 aromatic carbocycles. The van der Waals surface area contributed by atoms with Crippen molar-refractivity contribution in [2.45, 2.75) is 33.0 Å². The van der Waals surface area contributed by atoms with Crippen LogP contribution in [0.15, 0.2) is 54.9 Å². The summed E-state index contributed by atoms with van der Waals surface area (Å²) < 4.78 is 44.3. The zero-order valence-electron chi connectivity index (χ0n) is 20.6. The summed E-state index contributed by atoms with van der Waals surface area (Å²) >= 11 is 0. The summed E-state index contributed by atoms with van der Waals surface area (Å²) in [5, 5.41) is 2.94. The minimum absolute atomic E-state index is 0.0426. The largest absolute Gasteiger partial charge is 0.417 e. The molecule has 3 heterocycles. The Morgan fingerprint density at radius 3 is 2.32 bits per heavy atom. The molecule has 1 aliphatic rings. The second kappa shape index (κ2) is 9.55. The van der Waals surface area contributed by atoms with Crippen molar-refractivity contribution in [3.05, 3.63) is 71.5 Å². The van der Waals surface area contributed by atoms with Gasteiger partial charge >= 0.3 is 6.18 Å². The Kier molecular flexibility index (Phi) is 6.41. The number of nitrogens with zero attached hydrogens (tertiary/aromatic N) is 2. The van der Waals surface area contributed by atoms with E-state index in [0.717, 1.165) is 37.6 Å². The number of aromatic nitrogens is 2. The third-order valence-corrected chi connectivity index (χ3v) is 7.04. The van der Waals surface area contributed by atoms with Gasteiger partial charge in [0.1, 0.15) is 0 Å². The lowest BCUT2D eigenvalue weighted by atomic mass is 9.94. The fraction of sp³-hybridized carbons (Fsp3) is 0.286. The predicted molar refractivity (Wildman–Crippen MR) is 138 cm³/mol. The van der Waals surface area contributed by atoms with Crippen molar-refractivity contribution in [3.8, 4) is 0 Å². The predicted octanol–water partition coefficient (Wildman–Crippen LogP) is 5.44. The van der Waals surface area contributed by atoms with Crippen molar-refractivity contribution < 1.29 is 22.8 Å². The summed E-state index contributed by atoms with van der Waals surface area (Å²) in [6.45, 7) is 7.17. The van der Waals surface area contributed by atoms with E-state index in [2.05, 4.69) is 29.0 Å². The standard InChI is InChI=1S/C28H27F3N4O2/c1-3-34(4-2)13-8-14-35-16-19(23-20(28(29,30)31)10-7-12-22(23)35)25-24(26(36)33-27(25)37)18-15-32-21-11-6-5-9-17(18)21/h5-7,9-12,15-16,32H,3-4,8,13-14H2,1-2H3,(H,33,36,37). The fourth-order valence-electron chi connectivity index (χ4n) is 5.22. The molecule has 0 saturated heterocycles. The maximum Gasteiger partial charge on any atom is 0.417 e. The van der Waals surface area contributed by atoms with Gasteiger partial charge in [0.05, 0.1) is 16.7 Å². The number of aromatic amines is 1. The lowest BCUT2D eigenvalue weighted by Gasteiger charge is -2.18. The molecule has 9 heteroatoms. The van der Waals surface area contributed by atoms with Gasteiger partial charge in [-0.25, -0.2) is 0 Å². The number of alkyl halides is 3. The van der Waals surface area contributed by atoms with Gasteiger partial charge in [-0.15, -0.1) is 0 Å². The van der Waals surface area contributed by atoms with E-state index in [1.54, 1.807) is 35.2 Å². The van der Waals surface area contributed by atoms with E-state index in [0.29, 0.717) is 23.0 Å². The first kappa shape index (κ1) is 24.8. The van der Waals surface area contributed by atoms with Crippen LogP contribution in [0.5, 0.6) is 0 Å². The number of rotatable bonds is 8. The van der Waals surface area contributed by atoms with Crippen molar-refractivity contribution in [2.75, 3.05) is 19.6 Å². The van der Waals surface area contributed by atoms with E-state index in [1.807, 2.05) is 12.1 Å². The molecule has 2 amide bonds. The van der Waals surface area contributed by atoms with Gasteiger partial charge in [0.25, 0.3) is 11.8 Å². The first-order valence-corrected chi connectivity index (χ1v) is 12.3. The zero-order valence-corrected chi connectivity index (χ0v) is 20.6. The number of para-hydroxylation sites is 1. The molecule has 0 spiro atoms. The highest BCUT2D eigenvalue weighted by atomic mass is 19.4. The number of nitrogens with one attached hydrogen (secondary N) is 2.